The fourth-order valence-corrected chi connectivity index (χ4v) is 2.75. The summed E-state index contributed by atoms with van der Waals surface area (Å²) >= 11 is 0. The summed E-state index contributed by atoms with van der Waals surface area (Å²) in [5.41, 5.74) is 0.406. The molecule has 1 aliphatic heterocycles. The van der Waals surface area contributed by atoms with Gasteiger partial charge in [0.15, 0.2) is 0 Å². The molecule has 0 unspecified atom stereocenters. The third kappa shape index (κ3) is 2.81. The van der Waals surface area contributed by atoms with Gasteiger partial charge in [0, 0.05) is 50.7 Å². The Balaban J connectivity index is 1.65. The molecule has 1 aromatic heterocycles. The van der Waals surface area contributed by atoms with Crippen molar-refractivity contribution in [1.82, 2.24) is 14.5 Å². The minimum atomic E-state index is -0.380. The monoisotopic (exact) mass is 302 g/mol. The van der Waals surface area contributed by atoms with E-state index in [1.165, 1.54) is 12.1 Å². The van der Waals surface area contributed by atoms with Crippen LogP contribution in [0.5, 0.6) is 0 Å². The lowest BCUT2D eigenvalue weighted by atomic mass is 10.2. The first-order chi connectivity index (χ1) is 10.7. The van der Waals surface area contributed by atoms with Gasteiger partial charge in [-0.3, -0.25) is 4.79 Å². The second-order valence-electron chi connectivity index (χ2n) is 5.30. The first-order valence-corrected chi connectivity index (χ1v) is 7.50. The second kappa shape index (κ2) is 6.17. The van der Waals surface area contributed by atoms with E-state index in [1.54, 1.807) is 23.2 Å². The van der Waals surface area contributed by atoms with E-state index in [9.17, 15) is 9.18 Å². The van der Waals surface area contributed by atoms with Crippen LogP contribution >= 0.6 is 0 Å². The summed E-state index contributed by atoms with van der Waals surface area (Å²) in [5.74, 6) is 0.452. The van der Waals surface area contributed by atoms with Gasteiger partial charge in [0.25, 0.3) is 5.91 Å². The molecule has 1 saturated heterocycles. The number of rotatable bonds is 3. The molecule has 1 amide bonds. The number of aryl methyl sites for hydroxylation is 1. The Labute approximate surface area is 129 Å². The Morgan fingerprint density at radius 2 is 2.05 bits per heavy atom. The maximum Gasteiger partial charge on any atom is 0.254 e. The van der Waals surface area contributed by atoms with Gasteiger partial charge in [-0.2, -0.15) is 0 Å². The third-order valence-electron chi connectivity index (χ3n) is 3.96. The molecule has 2 aromatic rings. The van der Waals surface area contributed by atoms with Crippen LogP contribution < -0.4 is 4.90 Å². The summed E-state index contributed by atoms with van der Waals surface area (Å²) in [7, 11) is 0. The lowest BCUT2D eigenvalue weighted by Gasteiger charge is -2.35. The van der Waals surface area contributed by atoms with Crippen LogP contribution in [0.15, 0.2) is 36.7 Å². The number of imidazole rings is 1. The van der Waals surface area contributed by atoms with Crippen molar-refractivity contribution in [3.63, 3.8) is 0 Å². The van der Waals surface area contributed by atoms with Gasteiger partial charge < -0.3 is 14.4 Å². The molecule has 1 fully saturated rings. The Morgan fingerprint density at radius 3 is 2.73 bits per heavy atom. The van der Waals surface area contributed by atoms with Crippen LogP contribution in [0.1, 0.15) is 17.3 Å². The number of amides is 1. The maximum atomic E-state index is 13.2. The number of halogens is 1. The summed E-state index contributed by atoms with van der Waals surface area (Å²) < 4.78 is 15.3. The highest BCUT2D eigenvalue weighted by atomic mass is 19.1. The average molecular weight is 302 g/mol. The Morgan fingerprint density at radius 1 is 1.27 bits per heavy atom. The molecular formula is C16H19FN4O. The van der Waals surface area contributed by atoms with Gasteiger partial charge in [-0.1, -0.05) is 6.07 Å². The highest BCUT2D eigenvalue weighted by Crippen LogP contribution is 2.16. The predicted molar refractivity (Wildman–Crippen MR) is 82.4 cm³/mol. The number of hydrogen-bond acceptors (Lipinski definition) is 3. The smallest absolute Gasteiger partial charge is 0.254 e. The summed E-state index contributed by atoms with van der Waals surface area (Å²) in [4.78, 5) is 20.7. The van der Waals surface area contributed by atoms with Gasteiger partial charge in [-0.15, -0.1) is 0 Å². The zero-order chi connectivity index (χ0) is 15.5. The van der Waals surface area contributed by atoms with Crippen molar-refractivity contribution in [2.75, 3.05) is 31.1 Å². The molecule has 22 heavy (non-hydrogen) atoms. The summed E-state index contributed by atoms with van der Waals surface area (Å²) in [5, 5.41) is 0. The minimum Gasteiger partial charge on any atom is -0.339 e. The van der Waals surface area contributed by atoms with Crippen molar-refractivity contribution in [2.45, 2.75) is 13.5 Å². The van der Waals surface area contributed by atoms with E-state index < -0.39 is 0 Å². The Hall–Kier alpha value is -2.37. The highest BCUT2D eigenvalue weighted by molar-refractivity contribution is 5.94. The first kappa shape index (κ1) is 14.6. The zero-order valence-electron chi connectivity index (χ0n) is 12.6. The first-order valence-electron chi connectivity index (χ1n) is 7.50. The highest BCUT2D eigenvalue weighted by Gasteiger charge is 2.24. The number of benzene rings is 1. The van der Waals surface area contributed by atoms with Gasteiger partial charge in [-0.25, -0.2) is 9.37 Å². The molecule has 0 saturated carbocycles. The number of piperazine rings is 1. The van der Waals surface area contributed by atoms with Crippen LogP contribution in [0.2, 0.25) is 0 Å². The van der Waals surface area contributed by atoms with Crippen molar-refractivity contribution < 1.29 is 9.18 Å². The minimum absolute atomic E-state index is 0.113. The third-order valence-corrected chi connectivity index (χ3v) is 3.96. The maximum absolute atomic E-state index is 13.2. The number of hydrogen-bond donors (Lipinski definition) is 0. The zero-order valence-corrected chi connectivity index (χ0v) is 12.6. The molecule has 3 rings (SSSR count). The Kier molecular flexibility index (Phi) is 4.09. The van der Waals surface area contributed by atoms with Crippen LogP contribution in [-0.4, -0.2) is 46.5 Å². The molecule has 6 heteroatoms. The second-order valence-corrected chi connectivity index (χ2v) is 5.30. The molecule has 1 aliphatic rings. The van der Waals surface area contributed by atoms with E-state index in [0.717, 1.165) is 25.6 Å². The predicted octanol–water partition coefficient (Wildman–Crippen LogP) is 2.00. The molecule has 2 heterocycles. The molecule has 1 aromatic carbocycles. The van der Waals surface area contributed by atoms with E-state index in [1.807, 2.05) is 6.20 Å². The van der Waals surface area contributed by atoms with Crippen molar-refractivity contribution in [2.24, 2.45) is 0 Å². The molecule has 5 nitrogen and oxygen atoms in total. The van der Waals surface area contributed by atoms with Gasteiger partial charge in [0.05, 0.1) is 0 Å². The van der Waals surface area contributed by atoms with Crippen LogP contribution in [0.3, 0.4) is 0 Å². The van der Waals surface area contributed by atoms with Crippen molar-refractivity contribution >= 4 is 11.9 Å². The van der Waals surface area contributed by atoms with Crippen LogP contribution in [0.4, 0.5) is 10.3 Å². The fourth-order valence-electron chi connectivity index (χ4n) is 2.75. The van der Waals surface area contributed by atoms with Gasteiger partial charge in [-0.05, 0) is 25.1 Å². The number of carbonyl (C=O) groups excluding carboxylic acids is 1. The number of nitrogens with zero attached hydrogens (tertiary/aromatic N) is 4. The molecule has 0 radical (unpaired) electrons. The van der Waals surface area contributed by atoms with Crippen molar-refractivity contribution in [3.8, 4) is 0 Å². The molecule has 0 aliphatic carbocycles. The molecular weight excluding hydrogens is 283 g/mol. The standard InChI is InChI=1S/C16H19FN4O/c1-2-19-7-6-18-16(19)21-10-8-20(9-11-21)15(22)13-4-3-5-14(17)12-13/h3-7,12H,2,8-11H2,1H3. The van der Waals surface area contributed by atoms with E-state index in [4.69, 9.17) is 0 Å². The van der Waals surface area contributed by atoms with Crippen LogP contribution in [0, 0.1) is 5.82 Å². The van der Waals surface area contributed by atoms with Crippen LogP contribution in [0.25, 0.3) is 0 Å². The summed E-state index contributed by atoms with van der Waals surface area (Å²) in [6, 6.07) is 5.86. The van der Waals surface area contributed by atoms with Gasteiger partial charge in [0.2, 0.25) is 5.95 Å². The molecule has 0 bridgehead atoms. The topological polar surface area (TPSA) is 41.4 Å². The lowest BCUT2D eigenvalue weighted by molar-refractivity contribution is 0.0745. The van der Waals surface area contributed by atoms with E-state index in [-0.39, 0.29) is 11.7 Å². The lowest BCUT2D eigenvalue weighted by Crippen LogP contribution is -2.49. The molecule has 0 atom stereocenters. The normalized spacial score (nSPS) is 15.2. The van der Waals surface area contributed by atoms with Gasteiger partial charge >= 0.3 is 0 Å². The van der Waals surface area contributed by atoms with E-state index in [2.05, 4.69) is 21.4 Å². The van der Waals surface area contributed by atoms with E-state index in [0.29, 0.717) is 18.7 Å². The summed E-state index contributed by atoms with van der Waals surface area (Å²) in [6.45, 7) is 5.65. The van der Waals surface area contributed by atoms with Crippen LogP contribution in [-0.2, 0) is 6.54 Å². The van der Waals surface area contributed by atoms with Crippen molar-refractivity contribution in [1.29, 1.82) is 0 Å². The molecule has 0 N–H and O–H groups in total. The Bertz CT molecular complexity index is 662. The van der Waals surface area contributed by atoms with Gasteiger partial charge in [0.1, 0.15) is 5.82 Å². The average Bonchev–Trinajstić information content (AvgIpc) is 3.03. The number of carbonyl (C=O) groups is 1. The molecule has 116 valence electrons. The largest absolute Gasteiger partial charge is 0.339 e. The van der Waals surface area contributed by atoms with Crippen molar-refractivity contribution in [3.05, 3.63) is 48.0 Å². The fraction of sp³-hybridized carbons (Fsp3) is 0.375. The number of aromatic nitrogens is 2. The number of anilines is 1. The quantitative estimate of drug-likeness (QED) is 0.871. The summed E-state index contributed by atoms with van der Waals surface area (Å²) in [6.07, 6.45) is 3.75. The van der Waals surface area contributed by atoms with E-state index >= 15 is 0 Å². The molecule has 0 spiro atoms. The SMILES string of the molecule is CCn1ccnc1N1CCN(C(=O)c2cccc(F)c2)CC1.